The van der Waals surface area contributed by atoms with Gasteiger partial charge < -0.3 is 0 Å². The lowest BCUT2D eigenvalue weighted by atomic mass is 9.80. The van der Waals surface area contributed by atoms with Crippen molar-refractivity contribution in [3.8, 4) is 0 Å². The summed E-state index contributed by atoms with van der Waals surface area (Å²) in [4.78, 5) is 0. The van der Waals surface area contributed by atoms with E-state index in [0.29, 0.717) is 12.8 Å². The van der Waals surface area contributed by atoms with E-state index in [2.05, 4.69) is 32.9 Å². The van der Waals surface area contributed by atoms with Gasteiger partial charge in [-0.3, -0.25) is 0 Å². The van der Waals surface area contributed by atoms with E-state index in [1.807, 2.05) is 6.92 Å². The average Bonchev–Trinajstić information content (AvgIpc) is 2.57. The van der Waals surface area contributed by atoms with Gasteiger partial charge in [0.05, 0.1) is 0 Å². The lowest BCUT2D eigenvalue weighted by molar-refractivity contribution is 0.414. The quantitative estimate of drug-likeness (QED) is 0.331. The summed E-state index contributed by atoms with van der Waals surface area (Å²) in [5.41, 5.74) is 3.64. The van der Waals surface area contributed by atoms with Gasteiger partial charge in [-0.2, -0.15) is 0 Å². The van der Waals surface area contributed by atoms with Gasteiger partial charge in [-0.1, -0.05) is 39.8 Å². The zero-order valence-corrected chi connectivity index (χ0v) is 15.7. The van der Waals surface area contributed by atoms with E-state index in [1.54, 1.807) is 0 Å². The van der Waals surface area contributed by atoms with Crippen LogP contribution in [0.15, 0.2) is 12.1 Å². The summed E-state index contributed by atoms with van der Waals surface area (Å²) in [5.74, 6) is -5.28. The van der Waals surface area contributed by atoms with E-state index in [0.717, 1.165) is 28.7 Å². The number of aryl methyl sites for hydroxylation is 2. The molecule has 2 aromatic carbocycles. The van der Waals surface area contributed by atoms with Gasteiger partial charge in [-0.15, -0.1) is 0 Å². The largest absolute Gasteiger partial charge is 0.206 e. The summed E-state index contributed by atoms with van der Waals surface area (Å²) in [6.07, 6.45) is 1.63. The molecule has 0 unspecified atom stereocenters. The minimum absolute atomic E-state index is 0.0158. The first-order chi connectivity index (χ1) is 12.1. The zero-order chi connectivity index (χ0) is 19.2. The van der Waals surface area contributed by atoms with Crippen molar-refractivity contribution < 1.29 is 17.6 Å². The zero-order valence-electron chi connectivity index (χ0n) is 15.7. The molecule has 1 aliphatic carbocycles. The predicted octanol–water partition coefficient (Wildman–Crippen LogP) is 5.99. The van der Waals surface area contributed by atoms with Crippen LogP contribution in [0.5, 0.6) is 0 Å². The van der Waals surface area contributed by atoms with E-state index < -0.39 is 23.3 Å². The van der Waals surface area contributed by atoms with Gasteiger partial charge in [0.15, 0.2) is 17.5 Å². The molecule has 4 bridgehead atoms. The van der Waals surface area contributed by atoms with Crippen LogP contribution in [0.1, 0.15) is 61.1 Å². The third kappa shape index (κ3) is 3.15. The molecule has 0 saturated carbocycles. The fourth-order valence-electron chi connectivity index (χ4n) is 3.83. The van der Waals surface area contributed by atoms with Crippen molar-refractivity contribution in [3.63, 3.8) is 0 Å². The number of hydrogen-bond acceptors (Lipinski definition) is 0. The standard InChI is InChI=1S/C22H24F4/c1-5-15-12-6-8-16-18(23)17(20(25)21(26)19(16)24)9-7-13(15)11-14(10-12)22(2,3)4/h10-11H,5-9H2,1-4H3. The van der Waals surface area contributed by atoms with Crippen LogP contribution in [-0.4, -0.2) is 0 Å². The Labute approximate surface area is 152 Å². The molecule has 2 aromatic rings. The van der Waals surface area contributed by atoms with Crippen LogP contribution in [0.4, 0.5) is 17.6 Å². The lowest BCUT2D eigenvalue weighted by Gasteiger charge is -2.25. The van der Waals surface area contributed by atoms with Crippen molar-refractivity contribution in [2.45, 2.75) is 65.2 Å². The van der Waals surface area contributed by atoms with E-state index >= 15 is 0 Å². The van der Waals surface area contributed by atoms with Crippen LogP contribution in [-0.2, 0) is 37.5 Å². The smallest absolute Gasteiger partial charge is 0.195 e. The first-order valence-corrected chi connectivity index (χ1v) is 9.14. The summed E-state index contributed by atoms with van der Waals surface area (Å²) in [6.45, 7) is 8.39. The van der Waals surface area contributed by atoms with Crippen molar-refractivity contribution in [1.29, 1.82) is 0 Å². The molecular weight excluding hydrogens is 340 g/mol. The van der Waals surface area contributed by atoms with Gasteiger partial charge in [0.2, 0.25) is 0 Å². The van der Waals surface area contributed by atoms with E-state index in [4.69, 9.17) is 0 Å². The molecule has 0 N–H and O–H groups in total. The monoisotopic (exact) mass is 364 g/mol. The third-order valence-corrected chi connectivity index (χ3v) is 5.39. The molecule has 3 rings (SSSR count). The highest BCUT2D eigenvalue weighted by Crippen LogP contribution is 2.33. The number of hydrogen-bond donors (Lipinski definition) is 0. The number of fused-ring (bicyclic) bond motifs is 4. The third-order valence-electron chi connectivity index (χ3n) is 5.39. The van der Waals surface area contributed by atoms with Crippen LogP contribution < -0.4 is 0 Å². The summed E-state index contributed by atoms with van der Waals surface area (Å²) < 4.78 is 56.8. The summed E-state index contributed by atoms with van der Waals surface area (Å²) in [6, 6.07) is 4.20. The second-order valence-corrected chi connectivity index (χ2v) is 8.09. The van der Waals surface area contributed by atoms with Crippen molar-refractivity contribution >= 4 is 0 Å². The molecule has 4 heteroatoms. The molecule has 0 aromatic heterocycles. The average molecular weight is 364 g/mol. The molecule has 0 aliphatic heterocycles. The summed E-state index contributed by atoms with van der Waals surface area (Å²) in [5, 5.41) is 0. The van der Waals surface area contributed by atoms with Crippen molar-refractivity contribution in [3.05, 3.63) is 68.8 Å². The molecule has 140 valence electrons. The van der Waals surface area contributed by atoms with Crippen LogP contribution in [0, 0.1) is 23.3 Å². The van der Waals surface area contributed by atoms with E-state index in [1.165, 1.54) is 0 Å². The van der Waals surface area contributed by atoms with Crippen molar-refractivity contribution in [1.82, 2.24) is 0 Å². The molecule has 0 radical (unpaired) electrons. The molecule has 0 spiro atoms. The first kappa shape index (κ1) is 18.9. The highest BCUT2D eigenvalue weighted by Gasteiger charge is 2.27. The minimum atomic E-state index is -1.56. The minimum Gasteiger partial charge on any atom is -0.206 e. The molecule has 1 aliphatic rings. The molecule has 0 nitrogen and oxygen atoms in total. The van der Waals surface area contributed by atoms with E-state index in [9.17, 15) is 17.6 Å². The lowest BCUT2D eigenvalue weighted by Crippen LogP contribution is -2.17. The fourth-order valence-corrected chi connectivity index (χ4v) is 3.83. The first-order valence-electron chi connectivity index (χ1n) is 9.14. The molecule has 0 saturated heterocycles. The summed E-state index contributed by atoms with van der Waals surface area (Å²) >= 11 is 0. The topological polar surface area (TPSA) is 0 Å². The van der Waals surface area contributed by atoms with Gasteiger partial charge in [0.25, 0.3) is 0 Å². The Balaban J connectivity index is 2.20. The second kappa shape index (κ2) is 6.71. The Morgan fingerprint density at radius 3 is 1.58 bits per heavy atom. The Bertz CT molecular complexity index is 803. The Morgan fingerprint density at radius 1 is 0.731 bits per heavy atom. The Hall–Kier alpha value is -1.84. The van der Waals surface area contributed by atoms with Crippen molar-refractivity contribution in [2.75, 3.05) is 0 Å². The molecule has 0 heterocycles. The normalized spacial score (nSPS) is 14.5. The van der Waals surface area contributed by atoms with Gasteiger partial charge in [-0.25, -0.2) is 17.6 Å². The molecule has 0 fully saturated rings. The van der Waals surface area contributed by atoms with Gasteiger partial charge in [0.1, 0.15) is 5.82 Å². The number of halogens is 4. The summed E-state index contributed by atoms with van der Waals surface area (Å²) in [7, 11) is 0. The highest BCUT2D eigenvalue weighted by atomic mass is 19.2. The number of rotatable bonds is 1. The van der Waals surface area contributed by atoms with Gasteiger partial charge in [0, 0.05) is 11.1 Å². The van der Waals surface area contributed by atoms with Crippen molar-refractivity contribution in [2.24, 2.45) is 0 Å². The maximum atomic E-state index is 14.6. The molecule has 0 amide bonds. The van der Waals surface area contributed by atoms with Gasteiger partial charge in [-0.05, 0) is 59.8 Å². The highest BCUT2D eigenvalue weighted by molar-refractivity contribution is 5.44. The SMILES string of the molecule is CCc1c2cc(C(C)(C)C)cc1CCc1c(F)c(F)c(F)c(c1F)CC2. The maximum Gasteiger partial charge on any atom is 0.195 e. The molecule has 26 heavy (non-hydrogen) atoms. The van der Waals surface area contributed by atoms with Gasteiger partial charge >= 0.3 is 0 Å². The maximum absolute atomic E-state index is 14.6. The number of benzene rings is 2. The predicted molar refractivity (Wildman–Crippen MR) is 95.6 cm³/mol. The second-order valence-electron chi connectivity index (χ2n) is 8.09. The molecule has 0 atom stereocenters. The van der Waals surface area contributed by atoms with Crippen LogP contribution in [0.3, 0.4) is 0 Å². The van der Waals surface area contributed by atoms with Crippen LogP contribution >= 0.6 is 0 Å². The molecular formula is C22H24F4. The fraction of sp³-hybridized carbons (Fsp3) is 0.455. The van der Waals surface area contributed by atoms with Crippen LogP contribution in [0.2, 0.25) is 0 Å². The van der Waals surface area contributed by atoms with E-state index in [-0.39, 0.29) is 29.4 Å². The Morgan fingerprint density at radius 2 is 1.19 bits per heavy atom. The van der Waals surface area contributed by atoms with Crippen LogP contribution in [0.25, 0.3) is 0 Å². The Kier molecular flexibility index (Phi) is 4.89.